The number of phenols is 1. The number of aliphatic hydroxyl groups is 1. The lowest BCUT2D eigenvalue weighted by molar-refractivity contribution is -0.355. The summed E-state index contributed by atoms with van der Waals surface area (Å²) in [6, 6.07) is 5.85. The zero-order valence-corrected chi connectivity index (χ0v) is 26.3. The van der Waals surface area contributed by atoms with E-state index in [0.717, 1.165) is 84.1 Å². The Morgan fingerprint density at radius 1 is 0.933 bits per heavy atom. The SMILES string of the molecule is CN(CC(F)(F)C(F)(F)C(F)(F)F)C(=O)CCCCCCCCCC[C@H]1C[C@]2(C)C(O)CC[C@H]2[C@@H]2CCc3cc(O)ccc3[C@@H]12. The van der Waals surface area contributed by atoms with Crippen molar-refractivity contribution in [3.8, 4) is 5.75 Å². The van der Waals surface area contributed by atoms with Crippen LogP contribution in [0.5, 0.6) is 5.75 Å². The standard InChI is InChI=1S/C34H48F7NO3/c1-31-20-23(30-25-16-14-24(43)19-22(25)13-15-26(30)27(31)17-18-28(31)44)11-9-7-5-3-4-6-8-10-12-29(45)42(2)21-32(35,36)33(37,38)34(39,40)41/h14,16,19,23,26-28,30,43-44H,3-13,15,17-18,20-21H2,1-2H3/t23-,26-,27-,28?,30+,31-/m0/s1. The van der Waals surface area contributed by atoms with Gasteiger partial charge in [0.1, 0.15) is 5.75 Å². The molecular formula is C34H48F7NO3. The first-order valence-corrected chi connectivity index (χ1v) is 16.6. The molecular weight excluding hydrogens is 603 g/mol. The third-order valence-electron chi connectivity index (χ3n) is 11.2. The van der Waals surface area contributed by atoms with Crippen LogP contribution in [0.4, 0.5) is 30.7 Å². The Labute approximate surface area is 261 Å². The first-order valence-electron chi connectivity index (χ1n) is 16.6. The molecule has 11 heteroatoms. The van der Waals surface area contributed by atoms with E-state index in [9.17, 15) is 45.7 Å². The number of phenolic OH excluding ortho intramolecular Hbond substituents is 1. The lowest BCUT2D eigenvalue weighted by Gasteiger charge is -2.54. The number of amides is 1. The Morgan fingerprint density at radius 3 is 2.20 bits per heavy atom. The molecule has 4 nitrogen and oxygen atoms in total. The van der Waals surface area contributed by atoms with Crippen molar-refractivity contribution in [2.45, 2.75) is 133 Å². The summed E-state index contributed by atoms with van der Waals surface area (Å²) in [6.07, 6.45) is 6.27. The summed E-state index contributed by atoms with van der Waals surface area (Å²) in [5, 5.41) is 21.0. The fraction of sp³-hybridized carbons (Fsp3) is 0.794. The lowest BCUT2D eigenvalue weighted by Crippen LogP contribution is -2.57. The molecule has 1 aromatic rings. The summed E-state index contributed by atoms with van der Waals surface area (Å²) in [4.78, 5) is 12.3. The molecule has 1 aromatic carbocycles. The fourth-order valence-corrected chi connectivity index (χ4v) is 8.76. The molecule has 0 heterocycles. The monoisotopic (exact) mass is 651 g/mol. The number of rotatable bonds is 14. The van der Waals surface area contributed by atoms with Crippen LogP contribution in [0.25, 0.3) is 0 Å². The number of halogens is 7. The quantitative estimate of drug-likeness (QED) is 0.156. The van der Waals surface area contributed by atoms with Crippen LogP contribution >= 0.6 is 0 Å². The number of benzene rings is 1. The van der Waals surface area contributed by atoms with Gasteiger partial charge in [0.15, 0.2) is 0 Å². The highest BCUT2D eigenvalue weighted by Crippen LogP contribution is 2.63. The van der Waals surface area contributed by atoms with E-state index in [0.29, 0.717) is 42.3 Å². The van der Waals surface area contributed by atoms with Gasteiger partial charge in [0.2, 0.25) is 5.91 Å². The summed E-state index contributed by atoms with van der Waals surface area (Å²) >= 11 is 0. The van der Waals surface area contributed by atoms with Gasteiger partial charge in [-0.3, -0.25) is 4.79 Å². The van der Waals surface area contributed by atoms with Crippen molar-refractivity contribution in [2.75, 3.05) is 13.6 Å². The molecule has 45 heavy (non-hydrogen) atoms. The van der Waals surface area contributed by atoms with Gasteiger partial charge in [-0.2, -0.15) is 30.7 Å². The van der Waals surface area contributed by atoms with Crippen molar-refractivity contribution < 1.29 is 45.7 Å². The van der Waals surface area contributed by atoms with Crippen molar-refractivity contribution in [2.24, 2.45) is 23.2 Å². The van der Waals surface area contributed by atoms with Crippen LogP contribution in [0.1, 0.15) is 114 Å². The van der Waals surface area contributed by atoms with Crippen molar-refractivity contribution >= 4 is 5.91 Å². The van der Waals surface area contributed by atoms with E-state index in [-0.39, 0.29) is 22.8 Å². The number of unbranched alkanes of at least 4 members (excludes halogenated alkanes) is 7. The largest absolute Gasteiger partial charge is 0.508 e. The molecule has 1 unspecified atom stereocenters. The second kappa shape index (κ2) is 14.0. The van der Waals surface area contributed by atoms with E-state index in [1.807, 2.05) is 12.1 Å². The topological polar surface area (TPSA) is 60.8 Å². The number of nitrogens with zero attached hydrogens (tertiary/aromatic N) is 1. The van der Waals surface area contributed by atoms with E-state index in [4.69, 9.17) is 0 Å². The Morgan fingerprint density at radius 2 is 1.56 bits per heavy atom. The number of fused-ring (bicyclic) bond motifs is 5. The predicted octanol–water partition coefficient (Wildman–Crippen LogP) is 9.03. The molecule has 3 aliphatic rings. The maximum Gasteiger partial charge on any atom is 0.459 e. The number of aromatic hydroxyl groups is 1. The van der Waals surface area contributed by atoms with Crippen LogP contribution in [0.15, 0.2) is 18.2 Å². The van der Waals surface area contributed by atoms with Gasteiger partial charge in [-0.05, 0) is 97.3 Å². The lowest BCUT2D eigenvalue weighted by atomic mass is 9.51. The molecule has 2 N–H and O–H groups in total. The molecule has 256 valence electrons. The molecule has 0 bridgehead atoms. The van der Waals surface area contributed by atoms with Gasteiger partial charge in [-0.1, -0.05) is 57.9 Å². The maximum atomic E-state index is 13.6. The van der Waals surface area contributed by atoms with Gasteiger partial charge in [-0.25, -0.2) is 0 Å². The summed E-state index contributed by atoms with van der Waals surface area (Å²) in [5.41, 5.74) is 2.61. The van der Waals surface area contributed by atoms with Crippen LogP contribution < -0.4 is 0 Å². The van der Waals surface area contributed by atoms with Crippen LogP contribution in [0.2, 0.25) is 0 Å². The van der Waals surface area contributed by atoms with Crippen LogP contribution in [-0.4, -0.2) is 58.7 Å². The highest BCUT2D eigenvalue weighted by atomic mass is 19.4. The predicted molar refractivity (Wildman–Crippen MR) is 157 cm³/mol. The molecule has 0 saturated heterocycles. The van der Waals surface area contributed by atoms with E-state index in [1.54, 1.807) is 0 Å². The van der Waals surface area contributed by atoms with Crippen LogP contribution in [-0.2, 0) is 11.2 Å². The number of carbonyl (C=O) groups is 1. The Kier molecular flexibility index (Phi) is 11.1. The minimum Gasteiger partial charge on any atom is -0.508 e. The van der Waals surface area contributed by atoms with Crippen LogP contribution in [0, 0.1) is 23.2 Å². The Bertz CT molecular complexity index is 1160. The molecule has 2 saturated carbocycles. The number of hydrogen-bond acceptors (Lipinski definition) is 3. The highest BCUT2D eigenvalue weighted by molar-refractivity contribution is 5.75. The first-order chi connectivity index (χ1) is 21.0. The molecule has 3 aliphatic carbocycles. The average Bonchev–Trinajstić information content (AvgIpc) is 3.25. The molecule has 2 fully saturated rings. The normalized spacial score (nSPS) is 28.4. The minimum atomic E-state index is -6.41. The van der Waals surface area contributed by atoms with Crippen molar-refractivity contribution in [1.29, 1.82) is 0 Å². The number of carbonyl (C=O) groups excluding carboxylic acids is 1. The first kappa shape index (κ1) is 35.8. The molecule has 0 aliphatic heterocycles. The summed E-state index contributed by atoms with van der Waals surface area (Å²) < 4.78 is 90.3. The summed E-state index contributed by atoms with van der Waals surface area (Å²) in [7, 11) is 0.808. The fourth-order valence-electron chi connectivity index (χ4n) is 8.76. The van der Waals surface area contributed by atoms with Crippen molar-refractivity contribution in [3.05, 3.63) is 29.3 Å². The smallest absolute Gasteiger partial charge is 0.459 e. The highest BCUT2D eigenvalue weighted by Gasteiger charge is 2.73. The van der Waals surface area contributed by atoms with Gasteiger partial charge in [-0.15, -0.1) is 0 Å². The van der Waals surface area contributed by atoms with Gasteiger partial charge < -0.3 is 15.1 Å². The zero-order valence-electron chi connectivity index (χ0n) is 26.3. The van der Waals surface area contributed by atoms with Gasteiger partial charge in [0, 0.05) is 13.5 Å². The number of aliphatic hydroxyl groups excluding tert-OH is 1. The number of alkyl halides is 7. The summed E-state index contributed by atoms with van der Waals surface area (Å²) in [5.74, 6) is -10.2. The van der Waals surface area contributed by atoms with E-state index in [2.05, 4.69) is 13.0 Å². The van der Waals surface area contributed by atoms with Crippen LogP contribution in [0.3, 0.4) is 0 Å². The molecule has 6 atom stereocenters. The average molecular weight is 652 g/mol. The van der Waals surface area contributed by atoms with Crippen molar-refractivity contribution in [1.82, 2.24) is 4.90 Å². The second-order valence-corrected chi connectivity index (χ2v) is 14.2. The molecule has 1 amide bonds. The molecule has 0 aromatic heterocycles. The van der Waals surface area contributed by atoms with E-state index < -0.39 is 30.5 Å². The Balaban J connectivity index is 1.15. The third kappa shape index (κ3) is 7.59. The third-order valence-corrected chi connectivity index (χ3v) is 11.2. The maximum absolute atomic E-state index is 13.6. The summed E-state index contributed by atoms with van der Waals surface area (Å²) in [6.45, 7) is 0.287. The zero-order chi connectivity index (χ0) is 33.2. The van der Waals surface area contributed by atoms with Crippen molar-refractivity contribution in [3.63, 3.8) is 0 Å². The molecule has 0 spiro atoms. The number of hydrogen-bond donors (Lipinski definition) is 2. The molecule has 4 rings (SSSR count). The van der Waals surface area contributed by atoms with Gasteiger partial charge in [0.25, 0.3) is 0 Å². The minimum absolute atomic E-state index is 0.0362. The molecule has 0 radical (unpaired) electrons. The van der Waals surface area contributed by atoms with Gasteiger partial charge in [0.05, 0.1) is 12.6 Å². The Hall–Kier alpha value is -2.04. The second-order valence-electron chi connectivity index (χ2n) is 14.2. The van der Waals surface area contributed by atoms with Gasteiger partial charge >= 0.3 is 18.0 Å². The number of aryl methyl sites for hydroxylation is 1. The van der Waals surface area contributed by atoms with E-state index in [1.165, 1.54) is 11.1 Å². The van der Waals surface area contributed by atoms with E-state index >= 15 is 0 Å².